The van der Waals surface area contributed by atoms with Crippen molar-refractivity contribution in [1.82, 2.24) is 10.6 Å². The van der Waals surface area contributed by atoms with Crippen molar-refractivity contribution in [3.63, 3.8) is 0 Å². The lowest BCUT2D eigenvalue weighted by Crippen LogP contribution is -2.57. The zero-order valence-corrected chi connectivity index (χ0v) is 14.6. The van der Waals surface area contributed by atoms with Gasteiger partial charge in [0.15, 0.2) is 0 Å². The fourth-order valence-corrected chi connectivity index (χ4v) is 2.17. The number of hydrogen-bond donors (Lipinski definition) is 7. The molecule has 0 aliphatic rings. The SMILES string of the molecule is NCCCC[C@H](NC(=O)[C@H](CN)NC(=O)[C@@H](N)CCCCN)C(=O)O. The lowest BCUT2D eigenvalue weighted by atomic mass is 10.1. The summed E-state index contributed by atoms with van der Waals surface area (Å²) < 4.78 is 0. The first-order valence-electron chi connectivity index (χ1n) is 8.56. The maximum Gasteiger partial charge on any atom is 0.326 e. The van der Waals surface area contributed by atoms with Gasteiger partial charge in [0.2, 0.25) is 11.8 Å². The van der Waals surface area contributed by atoms with E-state index in [1.54, 1.807) is 0 Å². The van der Waals surface area contributed by atoms with Gasteiger partial charge in [-0.2, -0.15) is 0 Å². The van der Waals surface area contributed by atoms with Crippen LogP contribution in [-0.4, -0.2) is 60.6 Å². The minimum absolute atomic E-state index is 0.164. The van der Waals surface area contributed by atoms with Gasteiger partial charge in [-0.1, -0.05) is 6.42 Å². The number of aliphatic carboxylic acids is 1. The first kappa shape index (κ1) is 23.2. The molecule has 0 saturated carbocycles. The van der Waals surface area contributed by atoms with Gasteiger partial charge in [-0.05, 0) is 45.2 Å². The first-order valence-corrected chi connectivity index (χ1v) is 8.56. The molecule has 0 bridgehead atoms. The van der Waals surface area contributed by atoms with Crippen LogP contribution in [0.25, 0.3) is 0 Å². The summed E-state index contributed by atoms with van der Waals surface area (Å²) >= 11 is 0. The molecule has 0 heterocycles. The maximum absolute atomic E-state index is 12.2. The average Bonchev–Trinajstić information content (AvgIpc) is 2.58. The van der Waals surface area contributed by atoms with Crippen LogP contribution in [-0.2, 0) is 14.4 Å². The number of carboxylic acids is 1. The van der Waals surface area contributed by atoms with Gasteiger partial charge in [-0.3, -0.25) is 9.59 Å². The minimum Gasteiger partial charge on any atom is -0.480 e. The van der Waals surface area contributed by atoms with Gasteiger partial charge in [0.25, 0.3) is 0 Å². The van der Waals surface area contributed by atoms with E-state index in [0.29, 0.717) is 38.8 Å². The van der Waals surface area contributed by atoms with Crippen LogP contribution in [0.15, 0.2) is 0 Å². The Morgan fingerprint density at radius 1 is 0.800 bits per heavy atom. The number of carbonyl (C=O) groups excluding carboxylic acids is 2. The van der Waals surface area contributed by atoms with Crippen LogP contribution < -0.4 is 33.6 Å². The zero-order chi connectivity index (χ0) is 19.2. The molecule has 0 aliphatic heterocycles. The van der Waals surface area contributed by atoms with Gasteiger partial charge >= 0.3 is 5.97 Å². The highest BCUT2D eigenvalue weighted by atomic mass is 16.4. The summed E-state index contributed by atoms with van der Waals surface area (Å²) in [6, 6.07) is -2.86. The summed E-state index contributed by atoms with van der Waals surface area (Å²) in [5.74, 6) is -2.30. The van der Waals surface area contributed by atoms with E-state index >= 15 is 0 Å². The Bertz CT molecular complexity index is 421. The standard InChI is InChI=1S/C15H32N6O4/c16-7-3-1-5-10(19)13(22)21-12(9-18)14(23)20-11(15(24)25)6-2-4-8-17/h10-12H,1-9,16-19H2,(H,20,23)(H,21,22)(H,24,25)/t10-,11-,12-/m0/s1. The fraction of sp³-hybridized carbons (Fsp3) is 0.800. The van der Waals surface area contributed by atoms with Crippen LogP contribution in [0.3, 0.4) is 0 Å². The van der Waals surface area contributed by atoms with E-state index in [4.69, 9.17) is 22.9 Å². The molecule has 3 atom stereocenters. The summed E-state index contributed by atoms with van der Waals surface area (Å²) in [6.45, 7) is 0.801. The highest BCUT2D eigenvalue weighted by molar-refractivity contribution is 5.91. The van der Waals surface area contributed by atoms with Gasteiger partial charge < -0.3 is 38.7 Å². The molecular formula is C15H32N6O4. The van der Waals surface area contributed by atoms with Gasteiger partial charge in [-0.15, -0.1) is 0 Å². The molecular weight excluding hydrogens is 328 g/mol. The zero-order valence-electron chi connectivity index (χ0n) is 14.6. The molecule has 10 nitrogen and oxygen atoms in total. The number of amides is 2. The quantitative estimate of drug-likeness (QED) is 0.166. The molecule has 25 heavy (non-hydrogen) atoms. The molecule has 0 unspecified atom stereocenters. The monoisotopic (exact) mass is 360 g/mol. The second-order valence-electron chi connectivity index (χ2n) is 5.87. The van der Waals surface area contributed by atoms with E-state index < -0.39 is 35.9 Å². The third kappa shape index (κ3) is 9.97. The van der Waals surface area contributed by atoms with Crippen LogP contribution in [0.4, 0.5) is 0 Å². The Kier molecular flexibility index (Phi) is 12.6. The van der Waals surface area contributed by atoms with E-state index in [1.807, 2.05) is 0 Å². The van der Waals surface area contributed by atoms with Gasteiger partial charge in [-0.25, -0.2) is 4.79 Å². The van der Waals surface area contributed by atoms with Crippen LogP contribution >= 0.6 is 0 Å². The fourth-order valence-electron chi connectivity index (χ4n) is 2.17. The summed E-state index contributed by atoms with van der Waals surface area (Å²) in [5.41, 5.74) is 22.0. The highest BCUT2D eigenvalue weighted by Crippen LogP contribution is 2.02. The molecule has 0 aromatic carbocycles. The Morgan fingerprint density at radius 3 is 1.80 bits per heavy atom. The van der Waals surface area contributed by atoms with Crippen molar-refractivity contribution in [2.75, 3.05) is 19.6 Å². The van der Waals surface area contributed by atoms with Gasteiger partial charge in [0.05, 0.1) is 6.04 Å². The summed E-state index contributed by atoms with van der Waals surface area (Å²) in [4.78, 5) is 35.4. The molecule has 11 N–H and O–H groups in total. The van der Waals surface area contributed by atoms with E-state index in [0.717, 1.165) is 6.42 Å². The number of carbonyl (C=O) groups is 3. The molecule has 10 heteroatoms. The van der Waals surface area contributed by atoms with E-state index in [1.165, 1.54) is 0 Å². The smallest absolute Gasteiger partial charge is 0.326 e. The van der Waals surface area contributed by atoms with Gasteiger partial charge in [0, 0.05) is 6.54 Å². The molecule has 0 radical (unpaired) electrons. The molecule has 0 rings (SSSR count). The first-order chi connectivity index (χ1) is 11.9. The second kappa shape index (κ2) is 13.5. The van der Waals surface area contributed by atoms with Crippen LogP contribution in [0, 0.1) is 0 Å². The van der Waals surface area contributed by atoms with Crippen molar-refractivity contribution in [3.05, 3.63) is 0 Å². The molecule has 0 spiro atoms. The molecule has 0 aromatic heterocycles. The van der Waals surface area contributed by atoms with Gasteiger partial charge in [0.1, 0.15) is 12.1 Å². The molecule has 2 amide bonds. The van der Waals surface area contributed by atoms with Crippen LogP contribution in [0.5, 0.6) is 0 Å². The largest absolute Gasteiger partial charge is 0.480 e. The van der Waals surface area contributed by atoms with E-state index in [9.17, 15) is 19.5 Å². The highest BCUT2D eigenvalue weighted by Gasteiger charge is 2.26. The molecule has 0 aromatic rings. The second-order valence-corrected chi connectivity index (χ2v) is 5.87. The third-order valence-corrected chi connectivity index (χ3v) is 3.74. The van der Waals surface area contributed by atoms with E-state index in [-0.39, 0.29) is 13.0 Å². The Morgan fingerprint density at radius 2 is 1.32 bits per heavy atom. The number of carboxylic acid groups (broad SMARTS) is 1. The number of rotatable bonds is 14. The normalized spacial score (nSPS) is 14.4. The van der Waals surface area contributed by atoms with Crippen LogP contribution in [0.1, 0.15) is 38.5 Å². The Balaban J connectivity index is 4.56. The molecule has 146 valence electrons. The maximum atomic E-state index is 12.2. The lowest BCUT2D eigenvalue weighted by Gasteiger charge is -2.22. The number of hydrogen-bond acceptors (Lipinski definition) is 7. The predicted molar refractivity (Wildman–Crippen MR) is 94.3 cm³/mol. The number of unbranched alkanes of at least 4 members (excludes halogenated alkanes) is 2. The van der Waals surface area contributed by atoms with Crippen LogP contribution in [0.2, 0.25) is 0 Å². The minimum atomic E-state index is -1.15. The van der Waals surface area contributed by atoms with Crippen molar-refractivity contribution >= 4 is 17.8 Å². The topological polar surface area (TPSA) is 200 Å². The predicted octanol–water partition coefficient (Wildman–Crippen LogP) is -2.42. The lowest BCUT2D eigenvalue weighted by molar-refractivity contribution is -0.142. The molecule has 0 aliphatic carbocycles. The number of nitrogens with two attached hydrogens (primary N) is 4. The summed E-state index contributed by atoms with van der Waals surface area (Å²) in [7, 11) is 0. The van der Waals surface area contributed by atoms with Crippen molar-refractivity contribution in [2.24, 2.45) is 22.9 Å². The number of nitrogens with one attached hydrogen (secondary N) is 2. The van der Waals surface area contributed by atoms with E-state index in [2.05, 4.69) is 10.6 Å². The third-order valence-electron chi connectivity index (χ3n) is 3.74. The van der Waals surface area contributed by atoms with Crippen molar-refractivity contribution in [3.8, 4) is 0 Å². The van der Waals surface area contributed by atoms with Crippen molar-refractivity contribution in [1.29, 1.82) is 0 Å². The Hall–Kier alpha value is -1.75. The summed E-state index contributed by atoms with van der Waals surface area (Å²) in [6.07, 6.45) is 3.38. The average molecular weight is 360 g/mol. The molecule has 0 fully saturated rings. The molecule has 0 saturated heterocycles. The Labute approximate surface area is 148 Å². The summed E-state index contributed by atoms with van der Waals surface area (Å²) in [5, 5.41) is 14.0. The van der Waals surface area contributed by atoms with Crippen molar-refractivity contribution < 1.29 is 19.5 Å². The van der Waals surface area contributed by atoms with Crippen molar-refractivity contribution in [2.45, 2.75) is 56.7 Å².